The van der Waals surface area contributed by atoms with Crippen LogP contribution in [0.5, 0.6) is 0 Å². The summed E-state index contributed by atoms with van der Waals surface area (Å²) in [6.45, 7) is 14.5. The molecule has 1 fully saturated rings. The van der Waals surface area contributed by atoms with Gasteiger partial charge < -0.3 is 0 Å². The Balaban J connectivity index is 3.11. The molecule has 1 rings (SSSR count). The molecule has 0 aromatic heterocycles. The number of rotatable bonds is 12. The third kappa shape index (κ3) is 5.06. The molecule has 0 unspecified atom stereocenters. The summed E-state index contributed by atoms with van der Waals surface area (Å²) in [5, 5.41) is 7.88. The van der Waals surface area contributed by atoms with E-state index in [1.807, 2.05) is 0 Å². The van der Waals surface area contributed by atoms with Crippen LogP contribution < -0.4 is 0 Å². The van der Waals surface area contributed by atoms with E-state index in [0.717, 1.165) is 0 Å². The Labute approximate surface area is 157 Å². The van der Waals surface area contributed by atoms with Crippen molar-refractivity contribution in [2.24, 2.45) is 0 Å². The van der Waals surface area contributed by atoms with Crippen LogP contribution in [0.4, 0.5) is 0 Å². The summed E-state index contributed by atoms with van der Waals surface area (Å²) in [5.41, 5.74) is 0.274. The van der Waals surface area contributed by atoms with Crippen LogP contribution in [0.25, 0.3) is 0 Å². The van der Waals surface area contributed by atoms with Crippen LogP contribution in [0.3, 0.4) is 0 Å². The fourth-order valence-electron chi connectivity index (χ4n) is 5.42. The molecule has 0 N–H and O–H groups in total. The summed E-state index contributed by atoms with van der Waals surface area (Å²) in [5.74, 6) is 0. The topological polar surface area (TPSA) is 9.23 Å². The van der Waals surface area contributed by atoms with Gasteiger partial charge in [-0.1, -0.05) is 0 Å². The second-order valence-electron chi connectivity index (χ2n) is 8.39. The standard InChI is InChI=1S/C21H46Ge2O/c1-7-13-15-18-22(19-16-14-8-2)20-17-21(9-3,10-4)24-23(22,11-5)12-6/h7-20H2,1-6H3. The summed E-state index contributed by atoms with van der Waals surface area (Å²) in [7, 11) is 0. The molecule has 0 atom stereocenters. The van der Waals surface area contributed by atoms with Crippen LogP contribution in [-0.4, -0.2) is 28.5 Å². The minimum absolute atomic E-state index is 0.274. The Morgan fingerprint density at radius 1 is 0.750 bits per heavy atom. The van der Waals surface area contributed by atoms with E-state index in [2.05, 4.69) is 41.5 Å². The van der Waals surface area contributed by atoms with Crippen molar-refractivity contribution < 1.29 is 3.76 Å². The first kappa shape index (κ1) is 23.1. The van der Waals surface area contributed by atoms with Gasteiger partial charge in [-0.15, -0.1) is 0 Å². The molecule has 1 nitrogen and oxygen atoms in total. The number of hydrogen-bond donors (Lipinski definition) is 0. The monoisotopic (exact) mass is 462 g/mol. The molecule has 1 aliphatic heterocycles. The third-order valence-electron chi connectivity index (χ3n) is 7.39. The summed E-state index contributed by atoms with van der Waals surface area (Å²) >= 11 is -3.95. The molecule has 0 radical (unpaired) electrons. The van der Waals surface area contributed by atoms with Crippen LogP contribution >= 0.6 is 0 Å². The molecule has 1 heterocycles. The van der Waals surface area contributed by atoms with E-state index in [1.165, 1.54) is 68.3 Å². The van der Waals surface area contributed by atoms with Gasteiger partial charge >= 0.3 is 158 Å². The zero-order valence-electron chi connectivity index (χ0n) is 17.8. The molecule has 0 saturated carbocycles. The summed E-state index contributed by atoms with van der Waals surface area (Å²) < 4.78 is 7.41. The van der Waals surface area contributed by atoms with Gasteiger partial charge in [-0.25, -0.2) is 0 Å². The van der Waals surface area contributed by atoms with Crippen LogP contribution in [0.2, 0.25) is 26.3 Å². The fraction of sp³-hybridized carbons (Fsp3) is 1.00. The van der Waals surface area contributed by atoms with Crippen LogP contribution in [-0.2, 0) is 3.76 Å². The molecule has 0 aromatic carbocycles. The second-order valence-corrected chi connectivity index (χ2v) is 46.0. The van der Waals surface area contributed by atoms with Crippen molar-refractivity contribution in [1.29, 1.82) is 0 Å². The van der Waals surface area contributed by atoms with Gasteiger partial charge in [-0.3, -0.25) is 0 Å². The van der Waals surface area contributed by atoms with Crippen molar-refractivity contribution in [2.75, 3.05) is 0 Å². The van der Waals surface area contributed by atoms with Crippen molar-refractivity contribution >= 4 is 22.9 Å². The maximum absolute atomic E-state index is 7.41. The zero-order valence-corrected chi connectivity index (χ0v) is 22.0. The number of unbranched alkanes of at least 4 members (excludes halogenated alkanes) is 4. The minimum atomic E-state index is -2.13. The van der Waals surface area contributed by atoms with Crippen molar-refractivity contribution in [3.05, 3.63) is 0 Å². The Kier molecular flexibility index (Phi) is 10.6. The van der Waals surface area contributed by atoms with Gasteiger partial charge in [0.2, 0.25) is 0 Å². The molecular weight excluding hydrogens is 413 g/mol. The zero-order chi connectivity index (χ0) is 18.1. The first-order valence-electron chi connectivity index (χ1n) is 11.2. The van der Waals surface area contributed by atoms with E-state index in [0.29, 0.717) is 0 Å². The van der Waals surface area contributed by atoms with Crippen LogP contribution in [0, 0.1) is 0 Å². The Morgan fingerprint density at radius 3 is 1.62 bits per heavy atom. The molecule has 0 aromatic rings. The van der Waals surface area contributed by atoms with E-state index in [-0.39, 0.29) is 5.60 Å². The van der Waals surface area contributed by atoms with Gasteiger partial charge in [0.15, 0.2) is 0 Å². The molecule has 24 heavy (non-hydrogen) atoms. The Morgan fingerprint density at radius 2 is 1.25 bits per heavy atom. The summed E-state index contributed by atoms with van der Waals surface area (Å²) in [6.07, 6.45) is 12.6. The van der Waals surface area contributed by atoms with Gasteiger partial charge in [0.25, 0.3) is 0 Å². The molecule has 0 amide bonds. The predicted molar refractivity (Wildman–Crippen MR) is 115 cm³/mol. The molecule has 144 valence electrons. The van der Waals surface area contributed by atoms with Crippen molar-refractivity contribution in [2.45, 2.75) is 131 Å². The average molecular weight is 460 g/mol. The van der Waals surface area contributed by atoms with Crippen LogP contribution in [0.15, 0.2) is 0 Å². The molecule has 0 spiro atoms. The van der Waals surface area contributed by atoms with Crippen LogP contribution in [0.1, 0.15) is 99.3 Å². The van der Waals surface area contributed by atoms with Gasteiger partial charge in [-0.05, 0) is 0 Å². The van der Waals surface area contributed by atoms with E-state index < -0.39 is 22.9 Å². The second kappa shape index (κ2) is 11.0. The molecule has 1 aliphatic rings. The number of hydrogen-bond acceptors (Lipinski definition) is 1. The van der Waals surface area contributed by atoms with Gasteiger partial charge in [-0.2, -0.15) is 0 Å². The van der Waals surface area contributed by atoms with Crippen molar-refractivity contribution in [3.63, 3.8) is 0 Å². The first-order chi connectivity index (χ1) is 11.5. The van der Waals surface area contributed by atoms with E-state index >= 15 is 0 Å². The first-order valence-corrected chi connectivity index (χ1v) is 26.0. The molecule has 0 aliphatic carbocycles. The van der Waals surface area contributed by atoms with Crippen molar-refractivity contribution in [3.8, 4) is 0 Å². The Hall–Kier alpha value is 1.05. The predicted octanol–water partition coefficient (Wildman–Crippen LogP) is 7.86. The SMILES string of the molecule is CCCC[CH2][Ge]1([CH2]CCCC)[CH2]CC(CC)(CC)[O][Ge]1([CH2]C)[CH2]C. The van der Waals surface area contributed by atoms with E-state index in [1.54, 1.807) is 15.8 Å². The van der Waals surface area contributed by atoms with Gasteiger partial charge in [0, 0.05) is 0 Å². The van der Waals surface area contributed by atoms with E-state index in [9.17, 15) is 0 Å². The molecule has 1 saturated heterocycles. The normalized spacial score (nSPS) is 21.8. The van der Waals surface area contributed by atoms with Gasteiger partial charge in [0.1, 0.15) is 0 Å². The molecular formula is C21H46Ge2O. The van der Waals surface area contributed by atoms with Gasteiger partial charge in [0.05, 0.1) is 0 Å². The fourth-order valence-corrected chi connectivity index (χ4v) is 64.7. The third-order valence-corrected chi connectivity index (χ3v) is 64.1. The molecule has 3 heteroatoms. The van der Waals surface area contributed by atoms with E-state index in [4.69, 9.17) is 3.76 Å². The summed E-state index contributed by atoms with van der Waals surface area (Å²) in [4.78, 5) is 0. The quantitative estimate of drug-likeness (QED) is 0.213. The average Bonchev–Trinajstić information content (AvgIpc) is 2.63. The maximum atomic E-state index is 7.41. The summed E-state index contributed by atoms with van der Waals surface area (Å²) in [6, 6.07) is 0. The molecule has 0 bridgehead atoms. The van der Waals surface area contributed by atoms with Crippen molar-refractivity contribution in [1.82, 2.24) is 0 Å². The Bertz CT molecular complexity index is 325.